The van der Waals surface area contributed by atoms with Crippen LogP contribution >= 0.6 is 11.6 Å². The van der Waals surface area contributed by atoms with Gasteiger partial charge in [-0.25, -0.2) is 0 Å². The molecule has 5 heteroatoms. The molecule has 10 heavy (non-hydrogen) atoms. The topological polar surface area (TPSA) is 65.8 Å². The van der Waals surface area contributed by atoms with Crippen LogP contribution in [0.1, 0.15) is 13.3 Å². The summed E-state index contributed by atoms with van der Waals surface area (Å²) in [5.74, 6) is -0.216. The maximum atomic E-state index is 10.4. The van der Waals surface area contributed by atoms with Gasteiger partial charge < -0.3 is 0 Å². The van der Waals surface area contributed by atoms with Crippen molar-refractivity contribution < 1.29 is 4.79 Å². The van der Waals surface area contributed by atoms with Crippen LogP contribution in [-0.4, -0.2) is 11.8 Å². The highest BCUT2D eigenvalue weighted by atomic mass is 35.5. The molecule has 0 fully saturated rings. The fraction of sp³-hybridized carbons (Fsp3) is 0.800. The van der Waals surface area contributed by atoms with Crippen molar-refractivity contribution in [3.8, 4) is 0 Å². The average molecular weight is 162 g/mol. The molecule has 0 radical (unpaired) electrons. The van der Waals surface area contributed by atoms with E-state index in [0.717, 1.165) is 0 Å². The summed E-state index contributed by atoms with van der Waals surface area (Å²) in [6, 6.07) is 0. The third kappa shape index (κ3) is 4.18. The number of rotatable bonds is 4. The lowest BCUT2D eigenvalue weighted by Gasteiger charge is -1.99. The smallest absolute Gasteiger partial charge is 0.224 e. The molecule has 0 saturated heterocycles. The molecular weight excluding hydrogens is 154 g/mol. The Kier molecular flexibility index (Phi) is 4.72. The average Bonchev–Trinajstić information content (AvgIpc) is 1.88. The summed E-state index contributed by atoms with van der Waals surface area (Å²) in [6.07, 6.45) is 0.520. The fourth-order valence-corrected chi connectivity index (χ4v) is 0.519. The van der Waals surface area contributed by atoms with Crippen LogP contribution in [0.2, 0.25) is 0 Å². The van der Waals surface area contributed by atoms with Crippen molar-refractivity contribution in [2.75, 3.05) is 6.54 Å². The van der Waals surface area contributed by atoms with Crippen molar-refractivity contribution >= 4 is 16.8 Å². The number of halogens is 1. The van der Waals surface area contributed by atoms with Crippen LogP contribution in [-0.2, 0) is 4.79 Å². The van der Waals surface area contributed by atoms with Gasteiger partial charge in [0.15, 0.2) is 0 Å². The van der Waals surface area contributed by atoms with E-state index in [-0.39, 0.29) is 11.2 Å². The highest BCUT2D eigenvalue weighted by Crippen LogP contribution is 2.05. The number of hydrogen-bond donors (Lipinski definition) is 0. The predicted molar refractivity (Wildman–Crippen MR) is 38.7 cm³/mol. The predicted octanol–water partition coefficient (Wildman–Crippen LogP) is 2.09. The highest BCUT2D eigenvalue weighted by Gasteiger charge is 2.07. The van der Waals surface area contributed by atoms with Gasteiger partial charge in [0, 0.05) is 17.4 Å². The maximum Gasteiger partial charge on any atom is 0.224 e. The van der Waals surface area contributed by atoms with E-state index in [0.29, 0.717) is 13.0 Å². The standard InChI is InChI=1S/C5H8ClN3O/c1-4(5(6)10)2-3-8-9-7/h4H,2-3H2,1H3. The van der Waals surface area contributed by atoms with Gasteiger partial charge in [0.2, 0.25) is 5.24 Å². The van der Waals surface area contributed by atoms with Crippen LogP contribution in [0.15, 0.2) is 5.11 Å². The molecule has 4 nitrogen and oxygen atoms in total. The number of nitrogens with zero attached hydrogens (tertiary/aromatic N) is 3. The van der Waals surface area contributed by atoms with E-state index in [1.54, 1.807) is 6.92 Å². The number of hydrogen-bond acceptors (Lipinski definition) is 2. The first-order valence-electron chi connectivity index (χ1n) is 2.88. The minimum Gasteiger partial charge on any atom is -0.281 e. The molecule has 1 atom stereocenters. The zero-order valence-corrected chi connectivity index (χ0v) is 6.38. The van der Waals surface area contributed by atoms with Gasteiger partial charge in [-0.05, 0) is 23.6 Å². The molecule has 0 aliphatic carbocycles. The first-order valence-corrected chi connectivity index (χ1v) is 3.26. The summed E-state index contributed by atoms with van der Waals surface area (Å²) in [7, 11) is 0. The zero-order valence-electron chi connectivity index (χ0n) is 5.62. The molecule has 0 spiro atoms. The molecule has 0 bridgehead atoms. The molecule has 0 aromatic carbocycles. The van der Waals surface area contributed by atoms with E-state index in [2.05, 4.69) is 10.0 Å². The lowest BCUT2D eigenvalue weighted by Crippen LogP contribution is -2.04. The molecule has 56 valence electrons. The second-order valence-corrected chi connectivity index (χ2v) is 2.32. The quantitative estimate of drug-likeness (QED) is 0.269. The van der Waals surface area contributed by atoms with Crippen LogP contribution in [0.4, 0.5) is 0 Å². The maximum absolute atomic E-state index is 10.4. The van der Waals surface area contributed by atoms with Crippen molar-refractivity contribution in [3.63, 3.8) is 0 Å². The molecule has 0 amide bonds. The van der Waals surface area contributed by atoms with Crippen molar-refractivity contribution in [3.05, 3.63) is 10.4 Å². The molecule has 0 heterocycles. The summed E-state index contributed by atoms with van der Waals surface area (Å²) in [5, 5.41) is 2.88. The minimum atomic E-state index is -0.381. The summed E-state index contributed by atoms with van der Waals surface area (Å²) in [6.45, 7) is 2.03. The van der Waals surface area contributed by atoms with Crippen LogP contribution in [0.3, 0.4) is 0 Å². The van der Waals surface area contributed by atoms with Crippen molar-refractivity contribution in [2.45, 2.75) is 13.3 Å². The molecule has 0 aliphatic rings. The molecular formula is C5H8ClN3O. The van der Waals surface area contributed by atoms with E-state index in [4.69, 9.17) is 17.1 Å². The summed E-state index contributed by atoms with van der Waals surface area (Å²) < 4.78 is 0. The van der Waals surface area contributed by atoms with E-state index >= 15 is 0 Å². The molecule has 1 unspecified atom stereocenters. The number of azide groups is 1. The fourth-order valence-electron chi connectivity index (χ4n) is 0.410. The summed E-state index contributed by atoms with van der Waals surface area (Å²) in [5.41, 5.74) is 7.86. The molecule has 0 aromatic rings. The Morgan fingerprint density at radius 1 is 1.90 bits per heavy atom. The lowest BCUT2D eigenvalue weighted by molar-refractivity contribution is -0.114. The summed E-state index contributed by atoms with van der Waals surface area (Å²) >= 11 is 5.13. The van der Waals surface area contributed by atoms with Crippen molar-refractivity contribution in [1.29, 1.82) is 0 Å². The molecule has 0 aromatic heterocycles. The Hall–Kier alpha value is -0.730. The van der Waals surface area contributed by atoms with Gasteiger partial charge in [0.1, 0.15) is 0 Å². The molecule has 0 N–H and O–H groups in total. The summed E-state index contributed by atoms with van der Waals surface area (Å²) in [4.78, 5) is 12.9. The Morgan fingerprint density at radius 2 is 2.50 bits per heavy atom. The third-order valence-corrected chi connectivity index (χ3v) is 1.49. The Labute approximate surface area is 63.8 Å². The zero-order chi connectivity index (χ0) is 7.98. The molecule has 0 aliphatic heterocycles. The van der Waals surface area contributed by atoms with E-state index in [1.165, 1.54) is 0 Å². The largest absolute Gasteiger partial charge is 0.281 e. The van der Waals surface area contributed by atoms with Crippen LogP contribution in [0.25, 0.3) is 10.4 Å². The highest BCUT2D eigenvalue weighted by molar-refractivity contribution is 6.63. The molecule has 0 rings (SSSR count). The number of carbonyl (C=O) groups excluding carboxylic acids is 1. The second-order valence-electron chi connectivity index (χ2n) is 1.95. The van der Waals surface area contributed by atoms with Gasteiger partial charge in [-0.2, -0.15) is 0 Å². The van der Waals surface area contributed by atoms with Gasteiger partial charge >= 0.3 is 0 Å². The molecule has 0 saturated carbocycles. The Bertz CT molecular complexity index is 164. The first kappa shape index (κ1) is 9.27. The monoisotopic (exact) mass is 161 g/mol. The minimum absolute atomic E-state index is 0.216. The van der Waals surface area contributed by atoms with Gasteiger partial charge in [-0.3, -0.25) is 4.79 Å². The van der Waals surface area contributed by atoms with Crippen LogP contribution in [0.5, 0.6) is 0 Å². The first-order chi connectivity index (χ1) is 4.68. The van der Waals surface area contributed by atoms with E-state index in [9.17, 15) is 4.79 Å². The number of carbonyl (C=O) groups is 1. The van der Waals surface area contributed by atoms with E-state index < -0.39 is 0 Å². The van der Waals surface area contributed by atoms with Crippen molar-refractivity contribution in [1.82, 2.24) is 0 Å². The Morgan fingerprint density at radius 3 is 2.90 bits per heavy atom. The van der Waals surface area contributed by atoms with Crippen LogP contribution < -0.4 is 0 Å². The lowest BCUT2D eigenvalue weighted by atomic mass is 10.1. The van der Waals surface area contributed by atoms with Gasteiger partial charge in [-0.1, -0.05) is 12.0 Å². The van der Waals surface area contributed by atoms with Gasteiger partial charge in [0.25, 0.3) is 0 Å². The van der Waals surface area contributed by atoms with Gasteiger partial charge in [0.05, 0.1) is 0 Å². The van der Waals surface area contributed by atoms with Crippen LogP contribution in [0, 0.1) is 5.92 Å². The SMILES string of the molecule is CC(CCN=[N+]=[N-])C(=O)Cl. The van der Waals surface area contributed by atoms with E-state index in [1.807, 2.05) is 0 Å². The second kappa shape index (κ2) is 5.09. The van der Waals surface area contributed by atoms with Gasteiger partial charge in [-0.15, -0.1) is 0 Å². The Balaban J connectivity index is 3.48. The van der Waals surface area contributed by atoms with Crippen molar-refractivity contribution in [2.24, 2.45) is 11.0 Å². The third-order valence-electron chi connectivity index (χ3n) is 1.11. The normalized spacial score (nSPS) is 11.8.